The van der Waals surface area contributed by atoms with Crippen LogP contribution in [0.5, 0.6) is 0 Å². The molecule has 0 fully saturated rings. The molecule has 1 heteroatoms. The van der Waals surface area contributed by atoms with E-state index < -0.39 is 0 Å². The second-order valence-electron chi connectivity index (χ2n) is 5.09. The SMILES string of the molecule is CCCCCCCCCCCCCCSCC. The molecule has 0 aromatic rings. The van der Waals surface area contributed by atoms with Gasteiger partial charge in [0.25, 0.3) is 0 Å². The van der Waals surface area contributed by atoms with Crippen molar-refractivity contribution in [3.63, 3.8) is 0 Å². The van der Waals surface area contributed by atoms with E-state index in [4.69, 9.17) is 0 Å². The van der Waals surface area contributed by atoms with Gasteiger partial charge in [0.2, 0.25) is 0 Å². The van der Waals surface area contributed by atoms with Gasteiger partial charge >= 0.3 is 0 Å². The summed E-state index contributed by atoms with van der Waals surface area (Å²) >= 11 is 2.09. The van der Waals surface area contributed by atoms with Crippen LogP contribution in [0.15, 0.2) is 0 Å². The third kappa shape index (κ3) is 16.4. The van der Waals surface area contributed by atoms with Gasteiger partial charge in [0, 0.05) is 0 Å². The molecule has 0 nitrogen and oxygen atoms in total. The van der Waals surface area contributed by atoms with Crippen molar-refractivity contribution in [1.29, 1.82) is 0 Å². The Balaban J connectivity index is 2.85. The van der Waals surface area contributed by atoms with E-state index >= 15 is 0 Å². The molecule has 0 saturated heterocycles. The Hall–Kier alpha value is 0.350. The van der Waals surface area contributed by atoms with Crippen LogP contribution in [0.2, 0.25) is 0 Å². The summed E-state index contributed by atoms with van der Waals surface area (Å²) in [5.41, 5.74) is 0. The summed E-state index contributed by atoms with van der Waals surface area (Å²) in [6, 6.07) is 0. The minimum Gasteiger partial charge on any atom is -0.162 e. The van der Waals surface area contributed by atoms with Gasteiger partial charge in [-0.2, -0.15) is 11.8 Å². The standard InChI is InChI=1S/C16H34S/c1-3-5-6-7-8-9-10-11-12-13-14-15-16-17-4-2/h3-16H2,1-2H3. The predicted molar refractivity (Wildman–Crippen MR) is 84.1 cm³/mol. The molecule has 0 aliphatic heterocycles. The Labute approximate surface area is 114 Å². The summed E-state index contributed by atoms with van der Waals surface area (Å²) in [7, 11) is 0. The van der Waals surface area contributed by atoms with Crippen LogP contribution in [-0.4, -0.2) is 11.5 Å². The van der Waals surface area contributed by atoms with Crippen molar-refractivity contribution in [2.45, 2.75) is 90.9 Å². The molecule has 0 N–H and O–H groups in total. The molecule has 0 aromatic carbocycles. The van der Waals surface area contributed by atoms with Crippen LogP contribution in [0.4, 0.5) is 0 Å². The van der Waals surface area contributed by atoms with Crippen molar-refractivity contribution in [1.82, 2.24) is 0 Å². The lowest BCUT2D eigenvalue weighted by Crippen LogP contribution is -1.84. The van der Waals surface area contributed by atoms with Gasteiger partial charge < -0.3 is 0 Å². The summed E-state index contributed by atoms with van der Waals surface area (Å²) < 4.78 is 0. The summed E-state index contributed by atoms with van der Waals surface area (Å²) in [5.74, 6) is 2.67. The lowest BCUT2D eigenvalue weighted by atomic mass is 10.1. The highest BCUT2D eigenvalue weighted by Gasteiger charge is 1.93. The molecule has 0 amide bonds. The van der Waals surface area contributed by atoms with Gasteiger partial charge in [0.15, 0.2) is 0 Å². The number of unbranched alkanes of at least 4 members (excludes halogenated alkanes) is 11. The van der Waals surface area contributed by atoms with Crippen molar-refractivity contribution in [2.75, 3.05) is 11.5 Å². The maximum absolute atomic E-state index is 2.29. The molecule has 0 aromatic heterocycles. The Morgan fingerprint density at radius 1 is 0.529 bits per heavy atom. The maximum Gasteiger partial charge on any atom is -0.00676 e. The Morgan fingerprint density at radius 3 is 1.35 bits per heavy atom. The lowest BCUT2D eigenvalue weighted by Gasteiger charge is -2.02. The average molecular weight is 259 g/mol. The molecule has 0 heterocycles. The molecule has 0 radical (unpaired) electrons. The molecule has 0 spiro atoms. The minimum absolute atomic E-state index is 1.29. The van der Waals surface area contributed by atoms with Crippen molar-refractivity contribution < 1.29 is 0 Å². The first-order chi connectivity index (χ1) is 8.41. The van der Waals surface area contributed by atoms with Crippen LogP contribution in [0.3, 0.4) is 0 Å². The van der Waals surface area contributed by atoms with Crippen LogP contribution >= 0.6 is 11.8 Å². The quantitative estimate of drug-likeness (QED) is 0.323. The van der Waals surface area contributed by atoms with Gasteiger partial charge in [0.1, 0.15) is 0 Å². The van der Waals surface area contributed by atoms with E-state index in [1.54, 1.807) is 0 Å². The number of rotatable bonds is 14. The van der Waals surface area contributed by atoms with E-state index in [2.05, 4.69) is 25.6 Å². The summed E-state index contributed by atoms with van der Waals surface area (Å²) in [4.78, 5) is 0. The van der Waals surface area contributed by atoms with Crippen LogP contribution < -0.4 is 0 Å². The van der Waals surface area contributed by atoms with Crippen molar-refractivity contribution in [3.8, 4) is 0 Å². The molecule has 17 heavy (non-hydrogen) atoms. The number of hydrogen-bond acceptors (Lipinski definition) is 1. The summed E-state index contributed by atoms with van der Waals surface area (Å²) in [6.45, 7) is 4.55. The fourth-order valence-electron chi connectivity index (χ4n) is 2.19. The number of hydrogen-bond donors (Lipinski definition) is 0. The third-order valence-corrected chi connectivity index (χ3v) is 4.33. The maximum atomic E-state index is 2.29. The molecular formula is C16H34S. The smallest absolute Gasteiger partial charge is 0.00676 e. The first-order valence-corrected chi connectivity index (χ1v) is 9.15. The second kappa shape index (κ2) is 16.4. The van der Waals surface area contributed by atoms with Gasteiger partial charge in [-0.3, -0.25) is 0 Å². The van der Waals surface area contributed by atoms with E-state index in [-0.39, 0.29) is 0 Å². The predicted octanol–water partition coefficient (Wildman–Crippen LogP) is 6.44. The van der Waals surface area contributed by atoms with E-state index in [0.29, 0.717) is 0 Å². The fourth-order valence-corrected chi connectivity index (χ4v) is 2.89. The molecule has 0 unspecified atom stereocenters. The third-order valence-electron chi connectivity index (χ3n) is 3.35. The van der Waals surface area contributed by atoms with Crippen LogP contribution in [0.25, 0.3) is 0 Å². The first kappa shape index (κ1) is 17.4. The Kier molecular flexibility index (Phi) is 16.7. The summed E-state index contributed by atoms with van der Waals surface area (Å²) in [6.07, 6.45) is 17.5. The van der Waals surface area contributed by atoms with Gasteiger partial charge in [-0.15, -0.1) is 0 Å². The second-order valence-corrected chi connectivity index (χ2v) is 6.48. The van der Waals surface area contributed by atoms with Gasteiger partial charge in [-0.1, -0.05) is 84.5 Å². The lowest BCUT2D eigenvalue weighted by molar-refractivity contribution is 0.548. The topological polar surface area (TPSA) is 0 Å². The van der Waals surface area contributed by atoms with Crippen LogP contribution in [-0.2, 0) is 0 Å². The molecule has 0 aliphatic rings. The Bertz CT molecular complexity index is 109. The first-order valence-electron chi connectivity index (χ1n) is 7.99. The van der Waals surface area contributed by atoms with Crippen LogP contribution in [0.1, 0.15) is 90.9 Å². The molecule has 104 valence electrons. The zero-order chi connectivity index (χ0) is 12.6. The molecule has 0 aliphatic carbocycles. The Morgan fingerprint density at radius 2 is 0.941 bits per heavy atom. The van der Waals surface area contributed by atoms with Gasteiger partial charge in [-0.25, -0.2) is 0 Å². The summed E-state index contributed by atoms with van der Waals surface area (Å²) in [5, 5.41) is 0. The highest BCUT2D eigenvalue weighted by molar-refractivity contribution is 7.99. The fraction of sp³-hybridized carbons (Fsp3) is 1.00. The van der Waals surface area contributed by atoms with Crippen molar-refractivity contribution >= 4 is 11.8 Å². The van der Waals surface area contributed by atoms with E-state index in [0.717, 1.165) is 0 Å². The van der Waals surface area contributed by atoms with Crippen LogP contribution in [0, 0.1) is 0 Å². The van der Waals surface area contributed by atoms with E-state index in [9.17, 15) is 0 Å². The average Bonchev–Trinajstić information content (AvgIpc) is 2.35. The molecule has 0 saturated carbocycles. The van der Waals surface area contributed by atoms with Crippen molar-refractivity contribution in [3.05, 3.63) is 0 Å². The van der Waals surface area contributed by atoms with Gasteiger partial charge in [-0.05, 0) is 17.9 Å². The molecule has 0 atom stereocenters. The monoisotopic (exact) mass is 258 g/mol. The normalized spacial score (nSPS) is 10.9. The zero-order valence-corrected chi connectivity index (χ0v) is 13.1. The molecular weight excluding hydrogens is 224 g/mol. The zero-order valence-electron chi connectivity index (χ0n) is 12.3. The van der Waals surface area contributed by atoms with Crippen molar-refractivity contribution in [2.24, 2.45) is 0 Å². The highest BCUT2D eigenvalue weighted by Crippen LogP contribution is 2.12. The molecule has 0 rings (SSSR count). The molecule has 0 bridgehead atoms. The van der Waals surface area contributed by atoms with Gasteiger partial charge in [0.05, 0.1) is 0 Å². The number of thioether (sulfide) groups is 1. The van der Waals surface area contributed by atoms with E-state index in [1.165, 1.54) is 88.6 Å². The highest BCUT2D eigenvalue weighted by atomic mass is 32.2. The minimum atomic E-state index is 1.29. The largest absolute Gasteiger partial charge is 0.162 e. The van der Waals surface area contributed by atoms with E-state index in [1.807, 2.05) is 0 Å².